The van der Waals surface area contributed by atoms with Gasteiger partial charge in [0.2, 0.25) is 0 Å². The van der Waals surface area contributed by atoms with E-state index in [0.29, 0.717) is 5.02 Å². The molecule has 0 spiro atoms. The highest BCUT2D eigenvalue weighted by molar-refractivity contribution is 7.99. The van der Waals surface area contributed by atoms with E-state index in [9.17, 15) is 15.0 Å². The fraction of sp³-hybridized carbons (Fsp3) is 0.324. The molecule has 7 heteroatoms. The van der Waals surface area contributed by atoms with Gasteiger partial charge in [0.15, 0.2) is 0 Å². The predicted molar refractivity (Wildman–Crippen MR) is 183 cm³/mol. The van der Waals surface area contributed by atoms with Crippen LogP contribution in [0.3, 0.4) is 0 Å². The van der Waals surface area contributed by atoms with Crippen LogP contribution in [-0.4, -0.2) is 33.2 Å². The number of carbonyl (C=O) groups is 2. The van der Waals surface area contributed by atoms with Gasteiger partial charge in [0.25, 0.3) is 0 Å². The van der Waals surface area contributed by atoms with Crippen LogP contribution in [0, 0.1) is 5.41 Å². The maximum absolute atomic E-state index is 11.5. The summed E-state index contributed by atoms with van der Waals surface area (Å²) in [5.41, 5.74) is 5.15. The molecular weight excluding hydrogens is 590 g/mol. The lowest BCUT2D eigenvalue weighted by molar-refractivity contribution is -0.138. The number of fused-ring (bicyclic) bond motifs is 1. The number of halogens is 1. The summed E-state index contributed by atoms with van der Waals surface area (Å²) in [4.78, 5) is 25.0. The summed E-state index contributed by atoms with van der Waals surface area (Å²) in [6, 6.07) is 26.5. The number of aliphatic hydroxyl groups is 1. The number of aldehydes is 1. The van der Waals surface area contributed by atoms with Gasteiger partial charge < -0.3 is 15.0 Å². The second-order valence-corrected chi connectivity index (χ2v) is 13.6. The Hall–Kier alpha value is -3.45. The van der Waals surface area contributed by atoms with Crippen molar-refractivity contribution in [2.75, 3.05) is 5.75 Å². The summed E-state index contributed by atoms with van der Waals surface area (Å²) in [5.74, 6) is 0.122. The Morgan fingerprint density at radius 1 is 1.05 bits per heavy atom. The van der Waals surface area contributed by atoms with Gasteiger partial charge >= 0.3 is 5.97 Å². The molecule has 0 amide bonds. The highest BCUT2D eigenvalue weighted by Crippen LogP contribution is 2.53. The number of hydrogen-bond donors (Lipinski definition) is 2. The van der Waals surface area contributed by atoms with E-state index >= 15 is 0 Å². The van der Waals surface area contributed by atoms with Crippen LogP contribution in [0.25, 0.3) is 23.1 Å². The summed E-state index contributed by atoms with van der Waals surface area (Å²) >= 11 is 8.04. The molecule has 0 aliphatic heterocycles. The SMILES string of the molecule is CC(C)(O)c1ccccc1CC[C@@H](SCC1(CC(=O)O)CC1)c1cccc(C=Cc2ccc3ccc(Cl)cc3n2)c1.CC=O. The van der Waals surface area contributed by atoms with Gasteiger partial charge in [-0.15, -0.1) is 0 Å². The van der Waals surface area contributed by atoms with E-state index in [2.05, 4.69) is 42.5 Å². The van der Waals surface area contributed by atoms with Crippen molar-refractivity contribution in [2.45, 2.75) is 63.7 Å². The maximum atomic E-state index is 11.5. The first-order valence-corrected chi connectivity index (χ1v) is 16.3. The van der Waals surface area contributed by atoms with Gasteiger partial charge in [-0.1, -0.05) is 78.3 Å². The molecule has 1 aliphatic rings. The molecule has 0 unspecified atom stereocenters. The highest BCUT2D eigenvalue weighted by Gasteiger charge is 2.44. The topological polar surface area (TPSA) is 87.5 Å². The van der Waals surface area contributed by atoms with Crippen LogP contribution in [-0.2, 0) is 21.6 Å². The molecule has 2 N–H and O–H groups in total. The number of thioether (sulfide) groups is 1. The largest absolute Gasteiger partial charge is 0.481 e. The molecule has 4 aromatic rings. The summed E-state index contributed by atoms with van der Waals surface area (Å²) in [6.45, 7) is 5.10. The Bertz CT molecular complexity index is 1620. The first kappa shape index (κ1) is 33.4. The number of nitrogens with zero attached hydrogens (tertiary/aromatic N) is 1. The van der Waals surface area contributed by atoms with Crippen LogP contribution < -0.4 is 0 Å². The smallest absolute Gasteiger partial charge is 0.303 e. The fourth-order valence-electron chi connectivity index (χ4n) is 5.36. The van der Waals surface area contributed by atoms with Crippen molar-refractivity contribution in [1.29, 1.82) is 0 Å². The van der Waals surface area contributed by atoms with Gasteiger partial charge in [-0.3, -0.25) is 4.79 Å². The molecule has 1 heterocycles. The number of benzene rings is 3. The van der Waals surface area contributed by atoms with Crippen molar-refractivity contribution in [3.8, 4) is 0 Å². The fourth-order valence-corrected chi connectivity index (χ4v) is 7.09. The molecule has 3 aromatic carbocycles. The van der Waals surface area contributed by atoms with Crippen LogP contribution >= 0.6 is 23.4 Å². The van der Waals surface area contributed by atoms with Gasteiger partial charge in [-0.25, -0.2) is 4.98 Å². The summed E-state index contributed by atoms with van der Waals surface area (Å²) in [5, 5.41) is 22.1. The molecule has 230 valence electrons. The zero-order valence-electron chi connectivity index (χ0n) is 25.5. The first-order valence-electron chi connectivity index (χ1n) is 14.9. The van der Waals surface area contributed by atoms with E-state index in [1.807, 2.05) is 74.1 Å². The van der Waals surface area contributed by atoms with E-state index in [1.165, 1.54) is 12.5 Å². The molecule has 0 bridgehead atoms. The quantitative estimate of drug-likeness (QED) is 0.152. The zero-order chi connectivity index (χ0) is 31.7. The summed E-state index contributed by atoms with van der Waals surface area (Å²) in [6.07, 6.45) is 8.77. The minimum absolute atomic E-state index is 0.0814. The Morgan fingerprint density at radius 3 is 2.48 bits per heavy atom. The van der Waals surface area contributed by atoms with Gasteiger partial charge in [-0.05, 0) is 98.4 Å². The number of aryl methyl sites for hydroxylation is 1. The number of carbonyl (C=O) groups excluding carboxylic acids is 1. The van der Waals surface area contributed by atoms with Crippen LogP contribution in [0.1, 0.15) is 79.7 Å². The van der Waals surface area contributed by atoms with Crippen molar-refractivity contribution >= 4 is 58.7 Å². The van der Waals surface area contributed by atoms with Gasteiger partial charge in [0.1, 0.15) is 6.29 Å². The number of carboxylic acid groups (broad SMARTS) is 1. The van der Waals surface area contributed by atoms with Gasteiger partial charge in [-0.2, -0.15) is 11.8 Å². The highest BCUT2D eigenvalue weighted by atomic mass is 35.5. The molecule has 1 aromatic heterocycles. The Morgan fingerprint density at radius 2 is 1.77 bits per heavy atom. The molecule has 1 atom stereocenters. The molecule has 44 heavy (non-hydrogen) atoms. The number of aliphatic carboxylic acids is 1. The predicted octanol–water partition coefficient (Wildman–Crippen LogP) is 9.15. The number of carboxylic acids is 1. The molecule has 5 rings (SSSR count). The van der Waals surface area contributed by atoms with E-state index in [-0.39, 0.29) is 17.1 Å². The minimum atomic E-state index is -0.911. The van der Waals surface area contributed by atoms with Crippen molar-refractivity contribution in [1.82, 2.24) is 4.98 Å². The number of hydrogen-bond acceptors (Lipinski definition) is 5. The van der Waals surface area contributed by atoms with E-state index in [1.54, 1.807) is 0 Å². The van der Waals surface area contributed by atoms with Crippen molar-refractivity contribution in [2.24, 2.45) is 5.41 Å². The van der Waals surface area contributed by atoms with Crippen LogP contribution in [0.4, 0.5) is 0 Å². The zero-order valence-corrected chi connectivity index (χ0v) is 27.1. The molecule has 1 fully saturated rings. The van der Waals surface area contributed by atoms with Crippen molar-refractivity contribution < 1.29 is 19.8 Å². The summed E-state index contributed by atoms with van der Waals surface area (Å²) < 4.78 is 0. The van der Waals surface area contributed by atoms with E-state index in [0.717, 1.165) is 71.0 Å². The number of aromatic nitrogens is 1. The third-order valence-corrected chi connectivity index (χ3v) is 9.76. The summed E-state index contributed by atoms with van der Waals surface area (Å²) in [7, 11) is 0. The third-order valence-electron chi connectivity index (χ3n) is 7.83. The second-order valence-electron chi connectivity index (χ2n) is 11.9. The van der Waals surface area contributed by atoms with E-state index < -0.39 is 11.6 Å². The molecule has 1 saturated carbocycles. The molecule has 0 radical (unpaired) electrons. The lowest BCUT2D eigenvalue weighted by Crippen LogP contribution is -2.18. The van der Waals surface area contributed by atoms with Crippen LogP contribution in [0.15, 0.2) is 78.9 Å². The maximum Gasteiger partial charge on any atom is 0.303 e. The van der Waals surface area contributed by atoms with Crippen LogP contribution in [0.2, 0.25) is 5.02 Å². The first-order chi connectivity index (χ1) is 21.0. The Kier molecular flexibility index (Phi) is 11.4. The normalized spacial score (nSPS) is 14.6. The monoisotopic (exact) mass is 629 g/mol. The molecule has 0 saturated heterocycles. The van der Waals surface area contributed by atoms with Crippen molar-refractivity contribution in [3.05, 3.63) is 112 Å². The molecule has 5 nitrogen and oxygen atoms in total. The van der Waals surface area contributed by atoms with Gasteiger partial charge in [0.05, 0.1) is 23.2 Å². The third kappa shape index (κ3) is 9.52. The number of pyridine rings is 1. The second kappa shape index (κ2) is 15.0. The molecular formula is C37H40ClNO4S. The van der Waals surface area contributed by atoms with Crippen LogP contribution in [0.5, 0.6) is 0 Å². The van der Waals surface area contributed by atoms with Gasteiger partial charge in [0, 0.05) is 21.4 Å². The lowest BCUT2D eigenvalue weighted by Gasteiger charge is -2.24. The molecule has 1 aliphatic carbocycles. The Balaban J connectivity index is 0.00000141. The standard InChI is InChI=1S/C35H36ClNO3S.C2H4O/c1-34(2,40)30-9-4-3-7-25(30)13-17-32(41-23-35(18-19-35)22-33(38)39)27-8-5-6-24(20-27)10-15-29-16-12-26-11-14-28(36)21-31(26)37-29;1-2-3/h3-12,14-16,20-21,32,40H,13,17-19,22-23H2,1-2H3,(H,38,39);2H,1H3/t32-;/m1./s1. The van der Waals surface area contributed by atoms with Crippen molar-refractivity contribution in [3.63, 3.8) is 0 Å². The average molecular weight is 630 g/mol. The Labute approximate surface area is 269 Å². The average Bonchev–Trinajstić information content (AvgIpc) is 3.74. The minimum Gasteiger partial charge on any atom is -0.481 e. The lowest BCUT2D eigenvalue weighted by atomic mass is 9.90. The number of rotatable bonds is 12. The van der Waals surface area contributed by atoms with E-state index in [4.69, 9.17) is 21.4 Å².